The summed E-state index contributed by atoms with van der Waals surface area (Å²) in [5.74, 6) is 1.13. The summed E-state index contributed by atoms with van der Waals surface area (Å²) in [6.07, 6.45) is 3.25. The highest BCUT2D eigenvalue weighted by atomic mass is 79.9. The predicted octanol–water partition coefficient (Wildman–Crippen LogP) is 3.72. The van der Waals surface area contributed by atoms with Crippen LogP contribution in [0.1, 0.15) is 0 Å². The van der Waals surface area contributed by atoms with Crippen molar-refractivity contribution >= 4 is 31.9 Å². The average molecular weight is 382 g/mol. The number of nitrogens with zero attached hydrogens (tertiary/aromatic N) is 4. The van der Waals surface area contributed by atoms with Crippen LogP contribution in [0.15, 0.2) is 50.0 Å². The smallest absolute Gasteiger partial charge is 0.286 e. The molecule has 94 valence electrons. The molecule has 0 fully saturated rings. The summed E-state index contributed by atoms with van der Waals surface area (Å²) in [7, 11) is 0. The Balaban J connectivity index is 2.02. The number of aromatic nitrogens is 4. The average Bonchev–Trinajstić information content (AvgIpc) is 2.88. The van der Waals surface area contributed by atoms with Crippen LogP contribution in [0.3, 0.4) is 0 Å². The van der Waals surface area contributed by atoms with E-state index < -0.39 is 0 Å². The Morgan fingerprint density at radius 3 is 2.16 bits per heavy atom. The van der Waals surface area contributed by atoms with Crippen LogP contribution in [0.2, 0.25) is 0 Å². The van der Waals surface area contributed by atoms with Gasteiger partial charge in [0.25, 0.3) is 5.89 Å². The van der Waals surface area contributed by atoms with Gasteiger partial charge in [-0.2, -0.15) is 0 Å². The molecular formula is C12H6Br2N4O. The van der Waals surface area contributed by atoms with Crippen LogP contribution in [-0.2, 0) is 0 Å². The van der Waals surface area contributed by atoms with E-state index in [0.717, 1.165) is 14.5 Å². The lowest BCUT2D eigenvalue weighted by Crippen LogP contribution is -1.85. The van der Waals surface area contributed by atoms with E-state index in [2.05, 4.69) is 52.0 Å². The van der Waals surface area contributed by atoms with Gasteiger partial charge in [0.1, 0.15) is 0 Å². The minimum absolute atomic E-state index is 0.298. The molecule has 1 aromatic carbocycles. The normalized spacial score (nSPS) is 10.6. The zero-order valence-electron chi connectivity index (χ0n) is 9.42. The van der Waals surface area contributed by atoms with Gasteiger partial charge in [-0.25, -0.2) is 9.97 Å². The lowest BCUT2D eigenvalue weighted by atomic mass is 10.2. The van der Waals surface area contributed by atoms with Crippen LogP contribution in [0.4, 0.5) is 0 Å². The first-order valence-corrected chi connectivity index (χ1v) is 6.88. The predicted molar refractivity (Wildman–Crippen MR) is 76.2 cm³/mol. The zero-order valence-corrected chi connectivity index (χ0v) is 12.6. The van der Waals surface area contributed by atoms with Gasteiger partial charge in [0, 0.05) is 26.9 Å². The Morgan fingerprint density at radius 2 is 1.47 bits per heavy atom. The highest BCUT2D eigenvalue weighted by Crippen LogP contribution is 2.28. The molecule has 0 aliphatic heterocycles. The number of hydrogen-bond donors (Lipinski definition) is 0. The lowest BCUT2D eigenvalue weighted by Gasteiger charge is -1.97. The maximum absolute atomic E-state index is 5.58. The highest BCUT2D eigenvalue weighted by molar-refractivity contribution is 9.11. The van der Waals surface area contributed by atoms with E-state index in [-0.39, 0.29) is 0 Å². The second-order valence-electron chi connectivity index (χ2n) is 3.64. The maximum atomic E-state index is 5.58. The molecule has 0 atom stereocenters. The third-order valence-electron chi connectivity index (χ3n) is 2.29. The first-order valence-electron chi connectivity index (χ1n) is 5.30. The fourth-order valence-electron chi connectivity index (χ4n) is 1.52. The van der Waals surface area contributed by atoms with E-state index in [1.54, 1.807) is 18.5 Å². The summed E-state index contributed by atoms with van der Waals surface area (Å²) >= 11 is 6.83. The minimum Gasteiger partial charge on any atom is -0.413 e. The number of halogens is 2. The van der Waals surface area contributed by atoms with E-state index in [0.29, 0.717) is 17.6 Å². The molecule has 0 amide bonds. The molecule has 2 aromatic heterocycles. The van der Waals surface area contributed by atoms with Gasteiger partial charge in [-0.05, 0) is 24.3 Å². The van der Waals surface area contributed by atoms with E-state index >= 15 is 0 Å². The fourth-order valence-corrected chi connectivity index (χ4v) is 2.81. The van der Waals surface area contributed by atoms with E-state index in [4.69, 9.17) is 4.42 Å². The third kappa shape index (κ3) is 2.71. The monoisotopic (exact) mass is 380 g/mol. The Labute approximate surface area is 125 Å². The van der Waals surface area contributed by atoms with E-state index in [9.17, 15) is 0 Å². The van der Waals surface area contributed by atoms with Crippen LogP contribution in [-0.4, -0.2) is 20.2 Å². The summed E-state index contributed by atoms with van der Waals surface area (Å²) in [6, 6.07) is 7.45. The van der Waals surface area contributed by atoms with Gasteiger partial charge in [0.2, 0.25) is 11.7 Å². The summed E-state index contributed by atoms with van der Waals surface area (Å²) in [4.78, 5) is 8.13. The van der Waals surface area contributed by atoms with E-state index in [1.807, 2.05) is 18.2 Å². The standard InChI is InChI=1S/C12H6Br2N4O/c13-8-4-7(5-9(14)6-8)11-17-18-12(19-11)10-15-2-1-3-16-10/h1-6H. The van der Waals surface area contributed by atoms with Gasteiger partial charge in [-0.3, -0.25) is 0 Å². The van der Waals surface area contributed by atoms with Crippen molar-refractivity contribution < 1.29 is 4.42 Å². The summed E-state index contributed by atoms with van der Waals surface area (Å²) < 4.78 is 7.42. The topological polar surface area (TPSA) is 64.7 Å². The Morgan fingerprint density at radius 1 is 0.842 bits per heavy atom. The van der Waals surface area contributed by atoms with Crippen molar-refractivity contribution in [2.24, 2.45) is 0 Å². The molecule has 0 unspecified atom stereocenters. The SMILES string of the molecule is Brc1cc(Br)cc(-c2nnc(-c3ncccn3)o2)c1. The van der Waals surface area contributed by atoms with Crippen LogP contribution in [0, 0.1) is 0 Å². The first kappa shape index (κ1) is 12.4. The lowest BCUT2D eigenvalue weighted by molar-refractivity contribution is 0.579. The quantitative estimate of drug-likeness (QED) is 0.676. The maximum Gasteiger partial charge on any atom is 0.286 e. The zero-order chi connectivity index (χ0) is 13.2. The third-order valence-corrected chi connectivity index (χ3v) is 3.21. The molecule has 0 aliphatic rings. The van der Waals surface area contributed by atoms with Gasteiger partial charge in [0.15, 0.2) is 0 Å². The van der Waals surface area contributed by atoms with Crippen molar-refractivity contribution in [1.82, 2.24) is 20.2 Å². The molecule has 2 heterocycles. The van der Waals surface area contributed by atoms with Crippen LogP contribution in [0.25, 0.3) is 23.2 Å². The molecule has 3 aromatic rings. The molecule has 0 spiro atoms. The number of hydrogen-bond acceptors (Lipinski definition) is 5. The summed E-state index contributed by atoms with van der Waals surface area (Å²) in [6.45, 7) is 0. The molecule has 19 heavy (non-hydrogen) atoms. The first-order chi connectivity index (χ1) is 9.22. The van der Waals surface area contributed by atoms with Gasteiger partial charge >= 0.3 is 0 Å². The second kappa shape index (κ2) is 5.18. The molecule has 0 aliphatic carbocycles. The molecule has 0 radical (unpaired) electrons. The van der Waals surface area contributed by atoms with Gasteiger partial charge < -0.3 is 4.42 Å². The molecule has 0 N–H and O–H groups in total. The molecule has 5 nitrogen and oxygen atoms in total. The Kier molecular flexibility index (Phi) is 3.39. The van der Waals surface area contributed by atoms with Crippen molar-refractivity contribution in [1.29, 1.82) is 0 Å². The van der Waals surface area contributed by atoms with Crippen molar-refractivity contribution in [2.45, 2.75) is 0 Å². The van der Waals surface area contributed by atoms with Gasteiger partial charge in [-0.1, -0.05) is 31.9 Å². The fraction of sp³-hybridized carbons (Fsp3) is 0. The summed E-state index contributed by atoms with van der Waals surface area (Å²) in [5.41, 5.74) is 0.816. The number of rotatable bonds is 2. The Hall–Kier alpha value is -1.60. The van der Waals surface area contributed by atoms with Crippen molar-refractivity contribution in [3.8, 4) is 23.2 Å². The molecular weight excluding hydrogens is 376 g/mol. The molecule has 0 saturated carbocycles. The van der Waals surface area contributed by atoms with Crippen molar-refractivity contribution in [3.05, 3.63) is 45.6 Å². The second-order valence-corrected chi connectivity index (χ2v) is 5.47. The van der Waals surface area contributed by atoms with Gasteiger partial charge in [0.05, 0.1) is 0 Å². The number of benzene rings is 1. The van der Waals surface area contributed by atoms with Crippen molar-refractivity contribution in [2.75, 3.05) is 0 Å². The van der Waals surface area contributed by atoms with Crippen molar-refractivity contribution in [3.63, 3.8) is 0 Å². The van der Waals surface area contributed by atoms with Crippen LogP contribution >= 0.6 is 31.9 Å². The van der Waals surface area contributed by atoms with Crippen LogP contribution in [0.5, 0.6) is 0 Å². The Bertz CT molecular complexity index is 695. The molecule has 0 bridgehead atoms. The molecule has 3 rings (SSSR count). The highest BCUT2D eigenvalue weighted by Gasteiger charge is 2.13. The molecule has 0 saturated heterocycles. The minimum atomic E-state index is 0.298. The largest absolute Gasteiger partial charge is 0.413 e. The summed E-state index contributed by atoms with van der Waals surface area (Å²) in [5, 5.41) is 7.96. The van der Waals surface area contributed by atoms with E-state index in [1.165, 1.54) is 0 Å². The molecule has 7 heteroatoms. The van der Waals surface area contributed by atoms with Gasteiger partial charge in [-0.15, -0.1) is 10.2 Å². The van der Waals surface area contributed by atoms with Crippen LogP contribution < -0.4 is 0 Å².